The molecule has 3 rings (SSSR count). The van der Waals surface area contributed by atoms with E-state index in [4.69, 9.17) is 4.74 Å². The highest BCUT2D eigenvalue weighted by atomic mass is 16.5. The molecule has 0 bridgehead atoms. The van der Waals surface area contributed by atoms with Crippen LogP contribution in [0.15, 0.2) is 48.9 Å². The number of β-amino-alcohol motifs (C(OH)–C–C–N with tert-alkyl or cyclic N) is 1. The molecule has 128 valence electrons. The van der Waals surface area contributed by atoms with E-state index in [-0.39, 0.29) is 0 Å². The molecule has 1 unspecified atom stereocenters. The second-order valence-electron chi connectivity index (χ2n) is 6.01. The molecule has 2 heterocycles. The maximum absolute atomic E-state index is 10.2. The van der Waals surface area contributed by atoms with Gasteiger partial charge < -0.3 is 14.7 Å². The largest absolute Gasteiger partial charge is 0.389 e. The number of aliphatic hydroxyl groups is 1. The van der Waals surface area contributed by atoms with Gasteiger partial charge in [-0.1, -0.05) is 30.3 Å². The average molecular weight is 328 g/mol. The maximum Gasteiger partial charge on any atom is 0.147 e. The predicted molar refractivity (Wildman–Crippen MR) is 92.8 cm³/mol. The van der Waals surface area contributed by atoms with Crippen LogP contribution in [0.2, 0.25) is 0 Å². The molecule has 24 heavy (non-hydrogen) atoms. The van der Waals surface area contributed by atoms with Crippen molar-refractivity contribution in [2.45, 2.75) is 12.7 Å². The lowest BCUT2D eigenvalue weighted by molar-refractivity contribution is 0.00912. The van der Waals surface area contributed by atoms with Crippen LogP contribution in [0.3, 0.4) is 0 Å². The topological polar surface area (TPSA) is 61.7 Å². The zero-order valence-corrected chi connectivity index (χ0v) is 13.8. The van der Waals surface area contributed by atoms with Gasteiger partial charge in [0, 0.05) is 45.1 Å². The zero-order valence-electron chi connectivity index (χ0n) is 13.8. The molecule has 1 N–H and O–H groups in total. The second-order valence-corrected chi connectivity index (χ2v) is 6.01. The Balaban J connectivity index is 1.35. The molecular weight excluding hydrogens is 304 g/mol. The number of anilines is 1. The minimum Gasteiger partial charge on any atom is -0.389 e. The van der Waals surface area contributed by atoms with Crippen LogP contribution in [0.1, 0.15) is 5.56 Å². The third-order valence-corrected chi connectivity index (χ3v) is 4.14. The van der Waals surface area contributed by atoms with Gasteiger partial charge >= 0.3 is 0 Å². The molecule has 6 nitrogen and oxygen atoms in total. The molecule has 1 fully saturated rings. The van der Waals surface area contributed by atoms with Crippen molar-refractivity contribution in [3.8, 4) is 0 Å². The molecule has 0 radical (unpaired) electrons. The van der Waals surface area contributed by atoms with Crippen molar-refractivity contribution in [1.29, 1.82) is 0 Å². The first-order valence-electron chi connectivity index (χ1n) is 8.34. The summed E-state index contributed by atoms with van der Waals surface area (Å²) < 4.78 is 5.61. The Morgan fingerprint density at radius 3 is 2.58 bits per heavy atom. The lowest BCUT2D eigenvalue weighted by Crippen LogP contribution is -2.49. The SMILES string of the molecule is OC(COCc1ccccc1)CN1CCN(c2cnccn2)CC1. The zero-order chi connectivity index (χ0) is 16.6. The summed E-state index contributed by atoms with van der Waals surface area (Å²) in [5.41, 5.74) is 1.13. The van der Waals surface area contributed by atoms with Gasteiger partial charge in [0.15, 0.2) is 0 Å². The van der Waals surface area contributed by atoms with Gasteiger partial charge in [0.1, 0.15) is 5.82 Å². The molecule has 1 aromatic carbocycles. The fourth-order valence-electron chi connectivity index (χ4n) is 2.85. The number of hydrogen-bond donors (Lipinski definition) is 1. The Morgan fingerprint density at radius 1 is 1.08 bits per heavy atom. The second kappa shape index (κ2) is 8.73. The van der Waals surface area contributed by atoms with E-state index in [0.717, 1.165) is 37.6 Å². The lowest BCUT2D eigenvalue weighted by atomic mass is 10.2. The van der Waals surface area contributed by atoms with Crippen LogP contribution in [0.5, 0.6) is 0 Å². The van der Waals surface area contributed by atoms with Gasteiger partial charge in [-0.05, 0) is 5.56 Å². The summed E-state index contributed by atoms with van der Waals surface area (Å²) in [6.45, 7) is 5.16. The number of aromatic nitrogens is 2. The molecule has 1 saturated heterocycles. The molecule has 0 saturated carbocycles. The van der Waals surface area contributed by atoms with E-state index >= 15 is 0 Å². The summed E-state index contributed by atoms with van der Waals surface area (Å²) in [7, 11) is 0. The van der Waals surface area contributed by atoms with E-state index in [1.165, 1.54) is 0 Å². The van der Waals surface area contributed by atoms with Gasteiger partial charge in [-0.15, -0.1) is 0 Å². The van der Waals surface area contributed by atoms with E-state index in [2.05, 4.69) is 19.8 Å². The van der Waals surface area contributed by atoms with Crippen LogP contribution in [-0.2, 0) is 11.3 Å². The molecular formula is C18H24N4O2. The number of hydrogen-bond acceptors (Lipinski definition) is 6. The number of nitrogens with zero attached hydrogens (tertiary/aromatic N) is 4. The molecule has 1 aliphatic heterocycles. The summed E-state index contributed by atoms with van der Waals surface area (Å²) in [6, 6.07) is 10.0. The van der Waals surface area contributed by atoms with Gasteiger partial charge in [-0.2, -0.15) is 0 Å². The predicted octanol–water partition coefficient (Wildman–Crippen LogP) is 1.18. The minimum atomic E-state index is -0.461. The maximum atomic E-state index is 10.2. The van der Waals surface area contributed by atoms with Gasteiger partial charge in [0.05, 0.1) is 25.5 Å². The first kappa shape index (κ1) is 16.8. The van der Waals surface area contributed by atoms with Crippen molar-refractivity contribution in [2.24, 2.45) is 0 Å². The number of ether oxygens (including phenoxy) is 1. The average Bonchev–Trinajstić information content (AvgIpc) is 2.64. The van der Waals surface area contributed by atoms with E-state index in [9.17, 15) is 5.11 Å². The van der Waals surface area contributed by atoms with Gasteiger partial charge in [0.2, 0.25) is 0 Å². The fourth-order valence-corrected chi connectivity index (χ4v) is 2.85. The summed E-state index contributed by atoms with van der Waals surface area (Å²) in [5, 5.41) is 10.2. The molecule has 6 heteroatoms. The Labute approximate surface area is 142 Å². The van der Waals surface area contributed by atoms with E-state index in [0.29, 0.717) is 19.8 Å². The highest BCUT2D eigenvalue weighted by Gasteiger charge is 2.20. The normalized spacial score (nSPS) is 17.0. The molecule has 0 amide bonds. The molecule has 1 aromatic heterocycles. The molecule has 0 aliphatic carbocycles. The standard InChI is InChI=1S/C18H24N4O2/c23-17(15-24-14-16-4-2-1-3-5-16)13-21-8-10-22(11-9-21)18-12-19-6-7-20-18/h1-7,12,17,23H,8-11,13-15H2. The van der Waals surface area contributed by atoms with Gasteiger partial charge in [-0.25, -0.2) is 4.98 Å². The fraction of sp³-hybridized carbons (Fsp3) is 0.444. The van der Waals surface area contributed by atoms with Crippen LogP contribution in [-0.4, -0.2) is 65.4 Å². The Hall–Kier alpha value is -2.02. The van der Waals surface area contributed by atoms with Crippen LogP contribution in [0.25, 0.3) is 0 Å². The van der Waals surface area contributed by atoms with Crippen LogP contribution < -0.4 is 4.90 Å². The number of piperazine rings is 1. The van der Waals surface area contributed by atoms with Crippen molar-refractivity contribution in [3.05, 3.63) is 54.5 Å². The molecule has 1 atom stereocenters. The Morgan fingerprint density at radius 2 is 1.88 bits per heavy atom. The molecule has 1 aliphatic rings. The number of aliphatic hydroxyl groups excluding tert-OH is 1. The van der Waals surface area contributed by atoms with Crippen molar-refractivity contribution < 1.29 is 9.84 Å². The number of rotatable bonds is 7. The smallest absolute Gasteiger partial charge is 0.147 e. The van der Waals surface area contributed by atoms with E-state index in [1.54, 1.807) is 18.6 Å². The quantitative estimate of drug-likeness (QED) is 0.823. The van der Waals surface area contributed by atoms with Crippen LogP contribution in [0.4, 0.5) is 5.82 Å². The summed E-state index contributed by atoms with van der Waals surface area (Å²) >= 11 is 0. The van der Waals surface area contributed by atoms with Crippen molar-refractivity contribution in [2.75, 3.05) is 44.2 Å². The third-order valence-electron chi connectivity index (χ3n) is 4.14. The minimum absolute atomic E-state index is 0.360. The van der Waals surface area contributed by atoms with Gasteiger partial charge in [-0.3, -0.25) is 9.88 Å². The summed E-state index contributed by atoms with van der Waals surface area (Å²) in [4.78, 5) is 12.9. The Bertz CT molecular complexity index is 588. The van der Waals surface area contributed by atoms with E-state index in [1.807, 2.05) is 30.3 Å². The Kier molecular flexibility index (Phi) is 6.12. The van der Waals surface area contributed by atoms with Crippen molar-refractivity contribution in [3.63, 3.8) is 0 Å². The molecule has 0 spiro atoms. The number of benzene rings is 1. The highest BCUT2D eigenvalue weighted by molar-refractivity contribution is 5.35. The van der Waals surface area contributed by atoms with Crippen molar-refractivity contribution in [1.82, 2.24) is 14.9 Å². The lowest BCUT2D eigenvalue weighted by Gasteiger charge is -2.36. The third kappa shape index (κ3) is 4.99. The first-order chi connectivity index (χ1) is 11.8. The van der Waals surface area contributed by atoms with Gasteiger partial charge in [0.25, 0.3) is 0 Å². The first-order valence-corrected chi connectivity index (χ1v) is 8.34. The van der Waals surface area contributed by atoms with E-state index < -0.39 is 6.10 Å². The van der Waals surface area contributed by atoms with Crippen LogP contribution >= 0.6 is 0 Å². The van der Waals surface area contributed by atoms with Crippen molar-refractivity contribution >= 4 is 5.82 Å². The monoisotopic (exact) mass is 328 g/mol. The van der Waals surface area contributed by atoms with Crippen LogP contribution in [0, 0.1) is 0 Å². The summed E-state index contributed by atoms with van der Waals surface area (Å²) in [5.74, 6) is 0.920. The highest BCUT2D eigenvalue weighted by Crippen LogP contribution is 2.11. The summed E-state index contributed by atoms with van der Waals surface area (Å²) in [6.07, 6.45) is 4.74. The molecule has 2 aromatic rings.